The van der Waals surface area contributed by atoms with Crippen molar-refractivity contribution in [3.8, 4) is 17.2 Å². The van der Waals surface area contributed by atoms with Crippen molar-refractivity contribution in [1.82, 2.24) is 31.9 Å². The lowest BCUT2D eigenvalue weighted by atomic mass is 9.72. The van der Waals surface area contributed by atoms with Gasteiger partial charge in [-0.25, -0.2) is 0 Å². The van der Waals surface area contributed by atoms with Crippen LogP contribution in [0.3, 0.4) is 0 Å². The number of aliphatic hydroxyl groups is 3. The summed E-state index contributed by atoms with van der Waals surface area (Å²) in [6, 6.07) is 0.240. The number of carbonyl (C=O) groups is 8. The van der Waals surface area contributed by atoms with Gasteiger partial charge in [-0.1, -0.05) is 12.1 Å². The first-order chi connectivity index (χ1) is 35.0. The number of hydrogen-bond acceptors (Lipinski definition) is 19. The standard InChI is InChI=1S/C46H64N12O16/c1-20-37(64)25(58-43(70)24(9-6-12-53-45(49)50)57-42(69)23(8-5-11-52-44(47)48)56-31(63)18-55-30(62)17-54-29(61)16-51-2)13-32(73-20)74-27-15-46(71,28(60)19-59)14-22-34(27)41(68)36-35(39(22)66)38(65)21-7-4-10-26(72-3)33(21)40(36)67/h4,7,10,20,23-25,27,32,37,51,59,64,66,68,71H,5-6,8-9,11-19H2,1-3H3,(H,54,61)(H,55,62)(H,56,63)(H,57,69)(H,58,70)(H4,47,48,52)(H4,49,50,53)/t20-,23?,24?,25-,27+,32-,37+,46-/m1/s1. The molecule has 0 radical (unpaired) electrons. The molecular formula is C46H64N12O16. The lowest BCUT2D eigenvalue weighted by molar-refractivity contribution is -0.249. The van der Waals surface area contributed by atoms with Crippen molar-refractivity contribution in [2.24, 2.45) is 32.9 Å². The van der Waals surface area contributed by atoms with Gasteiger partial charge in [0.25, 0.3) is 0 Å². The maximum atomic E-state index is 14.3. The predicted octanol–water partition coefficient (Wildman–Crippen LogP) is -5.31. The molecule has 2 aromatic rings. The van der Waals surface area contributed by atoms with E-state index in [1.807, 2.05) is 0 Å². The fraction of sp³-hybridized carbons (Fsp3) is 0.522. The molecule has 0 bridgehead atoms. The Hall–Kier alpha value is -7.50. The molecule has 2 unspecified atom stereocenters. The molecule has 1 aliphatic heterocycles. The van der Waals surface area contributed by atoms with Gasteiger partial charge in [-0.3, -0.25) is 48.3 Å². The number of nitrogens with one attached hydrogen (secondary N) is 6. The summed E-state index contributed by atoms with van der Waals surface area (Å²) in [4.78, 5) is 114. The molecule has 28 nitrogen and oxygen atoms in total. The molecule has 28 heteroatoms. The van der Waals surface area contributed by atoms with E-state index in [0.29, 0.717) is 0 Å². The third-order valence-electron chi connectivity index (χ3n) is 12.5. The number of aromatic hydroxyl groups is 2. The Morgan fingerprint density at radius 3 is 2.03 bits per heavy atom. The fourth-order valence-corrected chi connectivity index (χ4v) is 8.85. The van der Waals surface area contributed by atoms with Gasteiger partial charge < -0.3 is 94.6 Å². The van der Waals surface area contributed by atoms with Crippen LogP contribution in [0.15, 0.2) is 28.2 Å². The van der Waals surface area contributed by atoms with Crippen LogP contribution >= 0.6 is 0 Å². The minimum atomic E-state index is -2.47. The van der Waals surface area contributed by atoms with Crippen LogP contribution in [0.25, 0.3) is 0 Å². The van der Waals surface area contributed by atoms with Crippen LogP contribution in [-0.2, 0) is 44.7 Å². The van der Waals surface area contributed by atoms with E-state index in [4.69, 9.17) is 37.1 Å². The average molecular weight is 1040 g/mol. The number of nitrogens with zero attached hydrogens (tertiary/aromatic N) is 2. The van der Waals surface area contributed by atoms with Gasteiger partial charge in [-0.15, -0.1) is 0 Å². The smallest absolute Gasteiger partial charge is 0.243 e. The quantitative estimate of drug-likeness (QED) is 0.0172. The largest absolute Gasteiger partial charge is 0.507 e. The number of phenols is 2. The molecule has 1 fully saturated rings. The molecule has 5 rings (SSSR count). The van der Waals surface area contributed by atoms with Crippen LogP contribution in [0.1, 0.15) is 94.5 Å². The molecule has 2 aliphatic carbocycles. The van der Waals surface area contributed by atoms with Crippen LogP contribution in [0, 0.1) is 0 Å². The second-order valence-electron chi connectivity index (χ2n) is 17.8. The van der Waals surface area contributed by atoms with Crippen molar-refractivity contribution in [2.75, 3.05) is 53.5 Å². The van der Waals surface area contributed by atoms with Gasteiger partial charge in [0.15, 0.2) is 29.8 Å². The average Bonchev–Trinajstić information content (AvgIpc) is 3.35. The maximum absolute atomic E-state index is 14.3. The van der Waals surface area contributed by atoms with E-state index in [-0.39, 0.29) is 91.7 Å². The highest BCUT2D eigenvalue weighted by Crippen LogP contribution is 2.52. The van der Waals surface area contributed by atoms with Gasteiger partial charge in [-0.05, 0) is 45.7 Å². The molecule has 5 amide bonds. The van der Waals surface area contributed by atoms with Crippen LogP contribution in [0.4, 0.5) is 0 Å². The normalized spacial score (nSPS) is 21.5. The number of hydrogen-bond donors (Lipinski definition) is 15. The number of ketones is 3. The van der Waals surface area contributed by atoms with Gasteiger partial charge in [0.1, 0.15) is 47.6 Å². The molecule has 0 saturated carbocycles. The number of Topliss-reactive ketones (excluding diaryl/α,β-unsaturated/α-hetero) is 1. The zero-order valence-corrected chi connectivity index (χ0v) is 40.9. The Labute approximate surface area is 423 Å². The van der Waals surface area contributed by atoms with Crippen molar-refractivity contribution in [3.05, 3.63) is 51.6 Å². The first-order valence-electron chi connectivity index (χ1n) is 23.5. The maximum Gasteiger partial charge on any atom is 0.243 e. The lowest BCUT2D eigenvalue weighted by Crippen LogP contribution is -2.60. The third-order valence-corrected chi connectivity index (χ3v) is 12.5. The van der Waals surface area contributed by atoms with Crippen molar-refractivity contribution in [3.63, 3.8) is 0 Å². The summed E-state index contributed by atoms with van der Waals surface area (Å²) in [5, 5.41) is 71.8. The molecule has 0 aromatic heterocycles. The number of amides is 5. The summed E-state index contributed by atoms with van der Waals surface area (Å²) in [6.45, 7) is -0.752. The molecule has 404 valence electrons. The Kier molecular flexibility index (Phi) is 19.7. The second kappa shape index (κ2) is 25.4. The van der Waals surface area contributed by atoms with Crippen molar-refractivity contribution in [2.45, 2.75) is 100 Å². The Morgan fingerprint density at radius 1 is 0.838 bits per heavy atom. The SMILES string of the molecule is CNCC(=O)NCC(=O)NCC(=O)NC(CCCN=C(N)N)C(=O)NC(CCCN=C(N)N)C(=O)N[C@@H]1C[C@@H](O[C@H]2C[C@@](O)(C(=O)CO)Cc3c(O)c4c(c(O)c32)C(=O)c2c(OC)cccc2C4=O)O[C@H](C)[C@@H]1O. The summed E-state index contributed by atoms with van der Waals surface area (Å²) in [7, 11) is 2.81. The molecule has 1 heterocycles. The van der Waals surface area contributed by atoms with E-state index in [2.05, 4.69) is 41.9 Å². The van der Waals surface area contributed by atoms with Gasteiger partial charge in [-0.2, -0.15) is 0 Å². The number of nitrogens with two attached hydrogens (primary N) is 4. The van der Waals surface area contributed by atoms with Crippen LogP contribution in [-0.4, -0.2) is 180 Å². The number of phenolic OH excluding ortho intramolecular Hbond substituents is 2. The van der Waals surface area contributed by atoms with Gasteiger partial charge in [0, 0.05) is 49.0 Å². The number of benzene rings is 2. The van der Waals surface area contributed by atoms with Gasteiger partial charge in [0.2, 0.25) is 35.3 Å². The number of carbonyl (C=O) groups excluding carboxylic acids is 8. The highest BCUT2D eigenvalue weighted by molar-refractivity contribution is 6.31. The van der Waals surface area contributed by atoms with Crippen molar-refractivity contribution >= 4 is 58.8 Å². The van der Waals surface area contributed by atoms with E-state index >= 15 is 0 Å². The third kappa shape index (κ3) is 13.8. The first kappa shape index (κ1) is 57.4. The number of ether oxygens (including phenoxy) is 3. The Bertz CT molecular complexity index is 2550. The Morgan fingerprint density at radius 2 is 1.43 bits per heavy atom. The number of aliphatic imine (C=N–C) groups is 2. The Balaban J connectivity index is 1.40. The topological polar surface area (TPSA) is 466 Å². The molecular weight excluding hydrogens is 977 g/mol. The van der Waals surface area contributed by atoms with Crippen molar-refractivity contribution in [1.29, 1.82) is 0 Å². The van der Waals surface area contributed by atoms with Gasteiger partial charge in [0.05, 0.1) is 61.7 Å². The number of methoxy groups -OCH3 is 1. The lowest BCUT2D eigenvalue weighted by Gasteiger charge is -2.43. The summed E-state index contributed by atoms with van der Waals surface area (Å²) in [6.07, 6.45) is -7.33. The van der Waals surface area contributed by atoms with E-state index in [1.165, 1.54) is 39.3 Å². The minimum absolute atomic E-state index is 0.0000500. The van der Waals surface area contributed by atoms with Gasteiger partial charge >= 0.3 is 0 Å². The summed E-state index contributed by atoms with van der Waals surface area (Å²) in [5.41, 5.74) is 17.2. The minimum Gasteiger partial charge on any atom is -0.507 e. The predicted molar refractivity (Wildman–Crippen MR) is 259 cm³/mol. The van der Waals surface area contributed by atoms with Crippen LogP contribution in [0.5, 0.6) is 17.2 Å². The van der Waals surface area contributed by atoms with Crippen LogP contribution in [0.2, 0.25) is 0 Å². The first-order valence-corrected chi connectivity index (χ1v) is 23.5. The molecule has 3 aliphatic rings. The highest BCUT2D eigenvalue weighted by atomic mass is 16.7. The van der Waals surface area contributed by atoms with Crippen LogP contribution < -0.4 is 59.6 Å². The molecule has 74 heavy (non-hydrogen) atoms. The molecule has 0 spiro atoms. The molecule has 19 N–H and O–H groups in total. The molecule has 2 aromatic carbocycles. The molecule has 8 atom stereocenters. The number of aliphatic hydroxyl groups excluding tert-OH is 2. The van der Waals surface area contributed by atoms with E-state index in [0.717, 1.165) is 0 Å². The summed E-state index contributed by atoms with van der Waals surface area (Å²) >= 11 is 0. The number of fused-ring (bicyclic) bond motifs is 3. The molecule has 1 saturated heterocycles. The van der Waals surface area contributed by atoms with Crippen molar-refractivity contribution < 1.29 is 78.1 Å². The fourth-order valence-electron chi connectivity index (χ4n) is 8.85. The number of guanidine groups is 2. The van der Waals surface area contributed by atoms with E-state index < -0.39 is 150 Å². The summed E-state index contributed by atoms with van der Waals surface area (Å²) in [5.74, 6) is -8.69. The number of rotatable bonds is 24. The zero-order chi connectivity index (χ0) is 54.6. The second-order valence-corrected chi connectivity index (χ2v) is 17.8. The highest BCUT2D eigenvalue weighted by Gasteiger charge is 2.50. The summed E-state index contributed by atoms with van der Waals surface area (Å²) < 4.78 is 17.6. The zero-order valence-electron chi connectivity index (χ0n) is 40.9. The van der Waals surface area contributed by atoms with E-state index in [1.54, 1.807) is 0 Å². The monoisotopic (exact) mass is 1040 g/mol. The van der Waals surface area contributed by atoms with E-state index in [9.17, 15) is 63.9 Å². The number of likely N-dealkylation sites (N-methyl/N-ethyl adjacent to an activating group) is 1.